The number of nitrogens with one attached hydrogen (secondary N) is 1. The van der Waals surface area contributed by atoms with Gasteiger partial charge < -0.3 is 10.1 Å². The lowest BCUT2D eigenvalue weighted by atomic mass is 9.93. The SMILES string of the molecule is Cc1cc(NCC2CCOc3ccccc32)n2nc(C(F)(F)F)nc2n1. The van der Waals surface area contributed by atoms with Gasteiger partial charge in [0.2, 0.25) is 0 Å². The van der Waals surface area contributed by atoms with Crippen molar-refractivity contribution < 1.29 is 17.9 Å². The van der Waals surface area contributed by atoms with Crippen LogP contribution in [0.1, 0.15) is 29.4 Å². The molecular weight excluding hydrogens is 347 g/mol. The second-order valence-corrected chi connectivity index (χ2v) is 6.18. The lowest BCUT2D eigenvalue weighted by Gasteiger charge is -2.26. The van der Waals surface area contributed by atoms with Crippen LogP contribution in [-0.4, -0.2) is 32.7 Å². The van der Waals surface area contributed by atoms with Gasteiger partial charge in [-0.25, -0.2) is 4.98 Å². The molecule has 4 rings (SSSR count). The number of nitrogens with zero attached hydrogens (tertiary/aromatic N) is 4. The molecule has 0 bridgehead atoms. The fourth-order valence-electron chi connectivity index (χ4n) is 3.09. The summed E-state index contributed by atoms with van der Waals surface area (Å²) in [4.78, 5) is 7.52. The molecule has 1 N–H and O–H groups in total. The van der Waals surface area contributed by atoms with Crippen LogP contribution < -0.4 is 10.1 Å². The maximum atomic E-state index is 12.9. The summed E-state index contributed by atoms with van der Waals surface area (Å²) < 4.78 is 45.4. The maximum absolute atomic E-state index is 12.9. The number of hydrogen-bond donors (Lipinski definition) is 1. The molecule has 0 radical (unpaired) electrons. The topological polar surface area (TPSA) is 64.3 Å². The zero-order chi connectivity index (χ0) is 18.3. The molecule has 2 aromatic heterocycles. The largest absolute Gasteiger partial charge is 0.493 e. The van der Waals surface area contributed by atoms with Crippen molar-refractivity contribution >= 4 is 11.6 Å². The smallest absolute Gasteiger partial charge is 0.453 e. The first-order valence-corrected chi connectivity index (χ1v) is 8.19. The molecule has 26 heavy (non-hydrogen) atoms. The Morgan fingerprint density at radius 1 is 1.27 bits per heavy atom. The Morgan fingerprint density at radius 3 is 2.88 bits per heavy atom. The Labute approximate surface area is 147 Å². The van der Waals surface area contributed by atoms with Crippen LogP contribution in [0.15, 0.2) is 30.3 Å². The fraction of sp³-hybridized carbons (Fsp3) is 0.353. The van der Waals surface area contributed by atoms with Gasteiger partial charge in [-0.3, -0.25) is 0 Å². The van der Waals surface area contributed by atoms with Gasteiger partial charge in [0.25, 0.3) is 11.6 Å². The van der Waals surface area contributed by atoms with Crippen molar-refractivity contribution in [2.45, 2.75) is 25.4 Å². The monoisotopic (exact) mass is 363 g/mol. The minimum Gasteiger partial charge on any atom is -0.493 e. The van der Waals surface area contributed by atoms with Gasteiger partial charge in [-0.1, -0.05) is 18.2 Å². The summed E-state index contributed by atoms with van der Waals surface area (Å²) in [6, 6.07) is 9.45. The lowest BCUT2D eigenvalue weighted by molar-refractivity contribution is -0.144. The number of aromatic nitrogens is 4. The van der Waals surface area contributed by atoms with Crippen LogP contribution in [0.2, 0.25) is 0 Å². The number of benzene rings is 1. The number of aryl methyl sites for hydroxylation is 1. The average molecular weight is 363 g/mol. The maximum Gasteiger partial charge on any atom is 0.453 e. The predicted molar refractivity (Wildman–Crippen MR) is 88.3 cm³/mol. The Balaban J connectivity index is 1.63. The van der Waals surface area contributed by atoms with E-state index in [-0.39, 0.29) is 11.7 Å². The second-order valence-electron chi connectivity index (χ2n) is 6.18. The van der Waals surface area contributed by atoms with E-state index in [2.05, 4.69) is 20.4 Å². The second kappa shape index (κ2) is 6.15. The molecule has 1 aliphatic rings. The van der Waals surface area contributed by atoms with Crippen molar-refractivity contribution in [1.82, 2.24) is 19.6 Å². The fourth-order valence-corrected chi connectivity index (χ4v) is 3.09. The number of rotatable bonds is 3. The van der Waals surface area contributed by atoms with Crippen LogP contribution in [0, 0.1) is 6.92 Å². The van der Waals surface area contributed by atoms with E-state index >= 15 is 0 Å². The van der Waals surface area contributed by atoms with Gasteiger partial charge in [0.1, 0.15) is 11.6 Å². The minimum absolute atomic E-state index is 0.0767. The first-order valence-electron chi connectivity index (χ1n) is 8.19. The van der Waals surface area contributed by atoms with Gasteiger partial charge in [-0.15, -0.1) is 5.10 Å². The molecule has 1 aromatic carbocycles. The summed E-state index contributed by atoms with van der Waals surface area (Å²) in [7, 11) is 0. The molecule has 136 valence electrons. The van der Waals surface area contributed by atoms with Crippen LogP contribution in [-0.2, 0) is 6.18 Å². The van der Waals surface area contributed by atoms with E-state index in [1.807, 2.05) is 24.3 Å². The summed E-state index contributed by atoms with van der Waals surface area (Å²) >= 11 is 0. The molecule has 3 heterocycles. The third-order valence-electron chi connectivity index (χ3n) is 4.31. The minimum atomic E-state index is -4.61. The van der Waals surface area contributed by atoms with Crippen molar-refractivity contribution in [3.8, 4) is 5.75 Å². The van der Waals surface area contributed by atoms with E-state index in [1.54, 1.807) is 13.0 Å². The molecule has 1 unspecified atom stereocenters. The van der Waals surface area contributed by atoms with Crippen molar-refractivity contribution in [3.63, 3.8) is 0 Å². The molecule has 1 atom stereocenters. The molecule has 6 nitrogen and oxygen atoms in total. The number of hydrogen-bond acceptors (Lipinski definition) is 5. The summed E-state index contributed by atoms with van der Waals surface area (Å²) in [5.74, 6) is 0.192. The predicted octanol–water partition coefficient (Wildman–Crippen LogP) is 3.43. The van der Waals surface area contributed by atoms with E-state index < -0.39 is 12.0 Å². The molecule has 0 aliphatic carbocycles. The van der Waals surface area contributed by atoms with Gasteiger partial charge in [0, 0.05) is 24.2 Å². The summed E-state index contributed by atoms with van der Waals surface area (Å²) in [5, 5.41) is 6.77. The third-order valence-corrected chi connectivity index (χ3v) is 4.31. The van der Waals surface area contributed by atoms with E-state index in [0.717, 1.165) is 22.2 Å². The Hall–Kier alpha value is -2.84. The Bertz CT molecular complexity index is 953. The van der Waals surface area contributed by atoms with E-state index in [1.165, 1.54) is 0 Å². The van der Waals surface area contributed by atoms with Gasteiger partial charge in [0.05, 0.1) is 6.61 Å². The molecule has 0 saturated heterocycles. The molecule has 1 aliphatic heterocycles. The van der Waals surface area contributed by atoms with Gasteiger partial charge >= 0.3 is 6.18 Å². The summed E-state index contributed by atoms with van der Waals surface area (Å²) in [6.45, 7) is 2.85. The highest BCUT2D eigenvalue weighted by atomic mass is 19.4. The number of fused-ring (bicyclic) bond motifs is 2. The third kappa shape index (κ3) is 3.04. The Morgan fingerprint density at radius 2 is 2.08 bits per heavy atom. The number of para-hydroxylation sites is 1. The van der Waals surface area contributed by atoms with Crippen molar-refractivity contribution in [1.29, 1.82) is 0 Å². The number of ether oxygens (including phenoxy) is 1. The first-order chi connectivity index (χ1) is 12.4. The lowest BCUT2D eigenvalue weighted by Crippen LogP contribution is -2.21. The van der Waals surface area contributed by atoms with E-state index in [4.69, 9.17) is 4.74 Å². The Kier molecular flexibility index (Phi) is 3.93. The summed E-state index contributed by atoms with van der Waals surface area (Å²) in [5.41, 5.74) is 1.65. The van der Waals surface area contributed by atoms with Gasteiger partial charge in [0.15, 0.2) is 0 Å². The number of halogens is 3. The highest BCUT2D eigenvalue weighted by molar-refractivity contribution is 5.46. The highest BCUT2D eigenvalue weighted by Gasteiger charge is 2.37. The molecule has 3 aromatic rings. The molecule has 9 heteroatoms. The van der Waals surface area contributed by atoms with Crippen LogP contribution in [0.5, 0.6) is 5.75 Å². The zero-order valence-corrected chi connectivity index (χ0v) is 13.9. The van der Waals surface area contributed by atoms with Crippen LogP contribution in [0.25, 0.3) is 5.78 Å². The summed E-state index contributed by atoms with van der Waals surface area (Å²) in [6.07, 6.45) is -3.79. The van der Waals surface area contributed by atoms with Gasteiger partial charge in [-0.2, -0.15) is 22.7 Å². The van der Waals surface area contributed by atoms with E-state index in [0.29, 0.717) is 24.7 Å². The first kappa shape index (κ1) is 16.6. The molecule has 0 amide bonds. The van der Waals surface area contributed by atoms with Gasteiger partial charge in [-0.05, 0) is 25.0 Å². The normalized spacial score (nSPS) is 17.0. The molecular formula is C17H16F3N5O. The number of anilines is 1. The molecule has 0 spiro atoms. The van der Waals surface area contributed by atoms with Crippen molar-refractivity contribution in [2.24, 2.45) is 0 Å². The zero-order valence-electron chi connectivity index (χ0n) is 13.9. The molecule has 0 fully saturated rings. The highest BCUT2D eigenvalue weighted by Crippen LogP contribution is 2.33. The van der Waals surface area contributed by atoms with Crippen molar-refractivity contribution in [3.05, 3.63) is 47.4 Å². The number of alkyl halides is 3. The average Bonchev–Trinajstić information content (AvgIpc) is 3.04. The quantitative estimate of drug-likeness (QED) is 0.772. The standard InChI is InChI=1S/C17H16F3N5O/c1-10-8-14(25-16(22-10)23-15(24-25)17(18,19)20)21-9-11-6-7-26-13-5-3-2-4-12(11)13/h2-5,8,11,21H,6-7,9H2,1H3. The van der Waals surface area contributed by atoms with Crippen LogP contribution in [0.4, 0.5) is 19.0 Å². The van der Waals surface area contributed by atoms with Crippen LogP contribution in [0.3, 0.4) is 0 Å². The van der Waals surface area contributed by atoms with Crippen LogP contribution >= 0.6 is 0 Å². The van der Waals surface area contributed by atoms with E-state index in [9.17, 15) is 13.2 Å². The van der Waals surface area contributed by atoms with Crippen molar-refractivity contribution in [2.75, 3.05) is 18.5 Å². The molecule has 0 saturated carbocycles.